The molecule has 1 heterocycles. The number of nitrogens with zero attached hydrogens (tertiary/aromatic N) is 1. The molecule has 3 heteroatoms. The van der Waals surface area contributed by atoms with Gasteiger partial charge in [0, 0.05) is 19.6 Å². The SMILES string of the molecule is CC(C)(C)OC[C@@H](O)CN1CCc2ccccc2C1. The van der Waals surface area contributed by atoms with Crippen molar-refractivity contribution < 1.29 is 9.84 Å². The topological polar surface area (TPSA) is 32.7 Å². The molecule has 0 aromatic heterocycles. The first-order valence-corrected chi connectivity index (χ1v) is 7.05. The lowest BCUT2D eigenvalue weighted by atomic mass is 10.00. The molecule has 0 unspecified atom stereocenters. The van der Waals surface area contributed by atoms with Crippen molar-refractivity contribution in [2.45, 2.75) is 45.4 Å². The summed E-state index contributed by atoms with van der Waals surface area (Å²) in [6, 6.07) is 8.56. The second-order valence-corrected chi connectivity index (χ2v) is 6.33. The van der Waals surface area contributed by atoms with Crippen LogP contribution in [-0.2, 0) is 17.7 Å². The monoisotopic (exact) mass is 263 g/mol. The van der Waals surface area contributed by atoms with Crippen molar-refractivity contribution in [1.29, 1.82) is 0 Å². The Labute approximate surface area is 116 Å². The molecule has 1 aromatic carbocycles. The highest BCUT2D eigenvalue weighted by Gasteiger charge is 2.20. The van der Waals surface area contributed by atoms with Gasteiger partial charge in [0.1, 0.15) is 0 Å². The first-order valence-electron chi connectivity index (χ1n) is 7.05. The van der Waals surface area contributed by atoms with Gasteiger partial charge in [-0.25, -0.2) is 0 Å². The van der Waals surface area contributed by atoms with Crippen LogP contribution in [0.1, 0.15) is 31.9 Å². The molecule has 1 aliphatic rings. The number of aliphatic hydroxyl groups excluding tert-OH is 1. The van der Waals surface area contributed by atoms with Crippen molar-refractivity contribution in [3.05, 3.63) is 35.4 Å². The Hall–Kier alpha value is -0.900. The van der Waals surface area contributed by atoms with Gasteiger partial charge in [0.05, 0.1) is 18.3 Å². The van der Waals surface area contributed by atoms with Gasteiger partial charge in [-0.15, -0.1) is 0 Å². The molecule has 0 amide bonds. The molecule has 3 nitrogen and oxygen atoms in total. The summed E-state index contributed by atoms with van der Waals surface area (Å²) in [5.41, 5.74) is 2.65. The van der Waals surface area contributed by atoms with Crippen LogP contribution in [0.2, 0.25) is 0 Å². The van der Waals surface area contributed by atoms with Gasteiger partial charge in [0.2, 0.25) is 0 Å². The normalized spacial score (nSPS) is 18.1. The van der Waals surface area contributed by atoms with Gasteiger partial charge in [0.25, 0.3) is 0 Å². The lowest BCUT2D eigenvalue weighted by molar-refractivity contribution is -0.0569. The number of hydrogen-bond donors (Lipinski definition) is 1. The average Bonchev–Trinajstić information content (AvgIpc) is 2.35. The molecule has 1 N–H and O–H groups in total. The summed E-state index contributed by atoms with van der Waals surface area (Å²) in [7, 11) is 0. The summed E-state index contributed by atoms with van der Waals surface area (Å²) < 4.78 is 5.63. The number of fused-ring (bicyclic) bond motifs is 1. The predicted molar refractivity (Wildman–Crippen MR) is 77.1 cm³/mol. The average molecular weight is 263 g/mol. The predicted octanol–water partition coefficient (Wildman–Crippen LogP) is 2.22. The fourth-order valence-corrected chi connectivity index (χ4v) is 2.41. The third-order valence-corrected chi connectivity index (χ3v) is 3.39. The lowest BCUT2D eigenvalue weighted by Crippen LogP contribution is -2.39. The van der Waals surface area contributed by atoms with Gasteiger partial charge in [-0.3, -0.25) is 4.90 Å². The molecule has 1 aromatic rings. The number of ether oxygens (including phenoxy) is 1. The lowest BCUT2D eigenvalue weighted by Gasteiger charge is -2.31. The van der Waals surface area contributed by atoms with E-state index in [9.17, 15) is 5.11 Å². The summed E-state index contributed by atoms with van der Waals surface area (Å²) in [5, 5.41) is 10.0. The Morgan fingerprint density at radius 2 is 1.95 bits per heavy atom. The van der Waals surface area contributed by atoms with Crippen LogP contribution in [0.5, 0.6) is 0 Å². The molecular weight excluding hydrogens is 238 g/mol. The maximum absolute atomic E-state index is 10.0. The zero-order valence-electron chi connectivity index (χ0n) is 12.2. The number of rotatable bonds is 4. The summed E-state index contributed by atoms with van der Waals surface area (Å²) in [5.74, 6) is 0. The number of aliphatic hydroxyl groups is 1. The Morgan fingerprint density at radius 1 is 1.26 bits per heavy atom. The third kappa shape index (κ3) is 4.60. The van der Waals surface area contributed by atoms with Gasteiger partial charge >= 0.3 is 0 Å². The van der Waals surface area contributed by atoms with Gasteiger partial charge in [-0.2, -0.15) is 0 Å². The Kier molecular flexibility index (Phi) is 4.61. The van der Waals surface area contributed by atoms with Crippen molar-refractivity contribution in [1.82, 2.24) is 4.90 Å². The summed E-state index contributed by atoms with van der Waals surface area (Å²) in [4.78, 5) is 2.30. The van der Waals surface area contributed by atoms with E-state index in [0.717, 1.165) is 19.5 Å². The molecule has 0 spiro atoms. The van der Waals surface area contributed by atoms with E-state index in [1.54, 1.807) is 0 Å². The molecule has 1 aliphatic heterocycles. The molecule has 106 valence electrons. The Bertz CT molecular complexity index is 411. The van der Waals surface area contributed by atoms with E-state index in [0.29, 0.717) is 13.2 Å². The molecule has 19 heavy (non-hydrogen) atoms. The maximum Gasteiger partial charge on any atom is 0.0900 e. The van der Waals surface area contributed by atoms with Crippen molar-refractivity contribution in [3.8, 4) is 0 Å². The van der Waals surface area contributed by atoms with Gasteiger partial charge in [-0.05, 0) is 38.3 Å². The van der Waals surface area contributed by atoms with Crippen LogP contribution in [0.3, 0.4) is 0 Å². The van der Waals surface area contributed by atoms with Crippen molar-refractivity contribution in [2.75, 3.05) is 19.7 Å². The first-order chi connectivity index (χ1) is 8.94. The largest absolute Gasteiger partial charge is 0.389 e. The highest BCUT2D eigenvalue weighted by Crippen LogP contribution is 2.18. The van der Waals surface area contributed by atoms with Crippen LogP contribution in [0.4, 0.5) is 0 Å². The zero-order chi connectivity index (χ0) is 13.9. The van der Waals surface area contributed by atoms with Crippen molar-refractivity contribution in [2.24, 2.45) is 0 Å². The van der Waals surface area contributed by atoms with E-state index < -0.39 is 6.10 Å². The molecule has 0 saturated heterocycles. The molecular formula is C16H25NO2. The molecule has 2 rings (SSSR count). The second kappa shape index (κ2) is 6.04. The minimum Gasteiger partial charge on any atom is -0.389 e. The number of β-amino-alcohol motifs (C(OH)–C–C–N with tert-alkyl or cyclic N) is 1. The zero-order valence-corrected chi connectivity index (χ0v) is 12.2. The fraction of sp³-hybridized carbons (Fsp3) is 0.625. The molecule has 0 fully saturated rings. The third-order valence-electron chi connectivity index (χ3n) is 3.39. The maximum atomic E-state index is 10.0. The minimum atomic E-state index is -0.413. The van der Waals surface area contributed by atoms with Crippen LogP contribution in [-0.4, -0.2) is 41.4 Å². The van der Waals surface area contributed by atoms with Crippen LogP contribution in [0.15, 0.2) is 24.3 Å². The van der Waals surface area contributed by atoms with Gasteiger partial charge in [-0.1, -0.05) is 24.3 Å². The molecule has 1 atom stereocenters. The summed E-state index contributed by atoms with van der Waals surface area (Å²) in [6.07, 6.45) is 0.660. The molecule has 0 radical (unpaired) electrons. The van der Waals surface area contributed by atoms with E-state index in [4.69, 9.17) is 4.74 Å². The fourth-order valence-electron chi connectivity index (χ4n) is 2.41. The van der Waals surface area contributed by atoms with Crippen LogP contribution < -0.4 is 0 Å². The highest BCUT2D eigenvalue weighted by atomic mass is 16.5. The van der Waals surface area contributed by atoms with E-state index in [1.165, 1.54) is 11.1 Å². The van der Waals surface area contributed by atoms with E-state index in [-0.39, 0.29) is 5.60 Å². The molecule has 0 saturated carbocycles. The van der Waals surface area contributed by atoms with Gasteiger partial charge < -0.3 is 9.84 Å². The first kappa shape index (κ1) is 14.5. The number of hydrogen-bond acceptors (Lipinski definition) is 3. The Balaban J connectivity index is 1.82. The van der Waals surface area contributed by atoms with Crippen LogP contribution in [0, 0.1) is 0 Å². The van der Waals surface area contributed by atoms with E-state index in [1.807, 2.05) is 20.8 Å². The smallest absolute Gasteiger partial charge is 0.0900 e. The molecule has 0 aliphatic carbocycles. The summed E-state index contributed by atoms with van der Waals surface area (Å²) in [6.45, 7) is 9.07. The second-order valence-electron chi connectivity index (χ2n) is 6.33. The Morgan fingerprint density at radius 3 is 2.63 bits per heavy atom. The van der Waals surface area contributed by atoms with Crippen LogP contribution in [0.25, 0.3) is 0 Å². The standard InChI is InChI=1S/C16H25NO2/c1-16(2,3)19-12-15(18)11-17-9-8-13-6-4-5-7-14(13)10-17/h4-7,15,18H,8-12H2,1-3H3/t15-/m0/s1. The van der Waals surface area contributed by atoms with Crippen LogP contribution >= 0.6 is 0 Å². The quantitative estimate of drug-likeness (QED) is 0.904. The molecule has 0 bridgehead atoms. The minimum absolute atomic E-state index is 0.185. The summed E-state index contributed by atoms with van der Waals surface area (Å²) >= 11 is 0. The van der Waals surface area contributed by atoms with Crippen molar-refractivity contribution in [3.63, 3.8) is 0 Å². The van der Waals surface area contributed by atoms with Crippen molar-refractivity contribution >= 4 is 0 Å². The van der Waals surface area contributed by atoms with E-state index in [2.05, 4.69) is 29.2 Å². The van der Waals surface area contributed by atoms with E-state index >= 15 is 0 Å². The van der Waals surface area contributed by atoms with Gasteiger partial charge in [0.15, 0.2) is 0 Å². The highest BCUT2D eigenvalue weighted by molar-refractivity contribution is 5.29. The number of benzene rings is 1.